The van der Waals surface area contributed by atoms with Gasteiger partial charge in [0.2, 0.25) is 0 Å². The lowest BCUT2D eigenvalue weighted by Crippen LogP contribution is -1.95. The van der Waals surface area contributed by atoms with Gasteiger partial charge in [-0.05, 0) is 30.9 Å². The molecule has 1 aromatic carbocycles. The molecular weight excluding hydrogens is 318 g/mol. The second-order valence-electron chi connectivity index (χ2n) is 3.90. The van der Waals surface area contributed by atoms with Crippen molar-refractivity contribution in [2.24, 2.45) is 0 Å². The van der Waals surface area contributed by atoms with Gasteiger partial charge in [0.05, 0.1) is 15.1 Å². The van der Waals surface area contributed by atoms with Crippen LogP contribution in [-0.4, -0.2) is 11.1 Å². The molecule has 0 aliphatic carbocycles. The Hall–Kier alpha value is -0.150. The monoisotopic (exact) mass is 328 g/mol. The van der Waals surface area contributed by atoms with Gasteiger partial charge >= 0.3 is 5.97 Å². The number of halogens is 4. The Labute approximate surface area is 126 Å². The molecule has 0 aliphatic rings. The highest BCUT2D eigenvalue weighted by atomic mass is 35.5. The van der Waals surface area contributed by atoms with E-state index in [2.05, 4.69) is 0 Å². The molecule has 0 spiro atoms. The lowest BCUT2D eigenvalue weighted by molar-refractivity contribution is -0.137. The lowest BCUT2D eigenvalue weighted by atomic mass is 10.1. The lowest BCUT2D eigenvalue weighted by Gasteiger charge is -2.09. The van der Waals surface area contributed by atoms with Gasteiger partial charge in [-0.15, -0.1) is 0 Å². The molecule has 6 heteroatoms. The Morgan fingerprint density at radius 3 is 2.28 bits per heavy atom. The average Bonchev–Trinajstić information content (AvgIpc) is 2.29. The Morgan fingerprint density at radius 2 is 1.67 bits per heavy atom. The molecule has 0 unspecified atom stereocenters. The van der Waals surface area contributed by atoms with Crippen LogP contribution < -0.4 is 0 Å². The van der Waals surface area contributed by atoms with E-state index in [1.165, 1.54) is 0 Å². The Morgan fingerprint density at radius 1 is 1.00 bits per heavy atom. The fourth-order valence-corrected chi connectivity index (χ4v) is 2.71. The largest absolute Gasteiger partial charge is 0.481 e. The Kier molecular flexibility index (Phi) is 6.58. The summed E-state index contributed by atoms with van der Waals surface area (Å²) in [6.45, 7) is 0. The SMILES string of the molecule is O=C(O)CCCCCc1c(Cl)cc(Cl)c(Cl)c1Cl. The molecule has 1 aromatic rings. The fourth-order valence-electron chi connectivity index (χ4n) is 1.59. The number of unbranched alkanes of at least 4 members (excludes halogenated alkanes) is 2. The maximum atomic E-state index is 10.3. The minimum absolute atomic E-state index is 0.183. The van der Waals surface area contributed by atoms with E-state index < -0.39 is 5.97 Å². The predicted octanol–water partition coefficient (Wildman–Crippen LogP) is 5.49. The highest BCUT2D eigenvalue weighted by Gasteiger charge is 2.13. The highest BCUT2D eigenvalue weighted by Crippen LogP contribution is 2.38. The summed E-state index contributed by atoms with van der Waals surface area (Å²) in [4.78, 5) is 10.3. The van der Waals surface area contributed by atoms with Crippen molar-refractivity contribution in [2.45, 2.75) is 32.1 Å². The molecule has 2 nitrogen and oxygen atoms in total. The van der Waals surface area contributed by atoms with Gasteiger partial charge in [0.25, 0.3) is 0 Å². The molecule has 0 heterocycles. The molecular formula is C12H12Cl4O2. The number of aliphatic carboxylic acids is 1. The van der Waals surface area contributed by atoms with Crippen LogP contribution in [0, 0.1) is 0 Å². The van der Waals surface area contributed by atoms with Crippen LogP contribution in [0.5, 0.6) is 0 Å². The van der Waals surface area contributed by atoms with Gasteiger partial charge in [-0.1, -0.05) is 52.8 Å². The molecule has 0 saturated heterocycles. The van der Waals surface area contributed by atoms with Gasteiger partial charge in [0.1, 0.15) is 0 Å². The van der Waals surface area contributed by atoms with E-state index in [1.54, 1.807) is 6.07 Å². The van der Waals surface area contributed by atoms with E-state index in [0.717, 1.165) is 18.4 Å². The first-order valence-corrected chi connectivity index (χ1v) is 6.98. The molecule has 100 valence electrons. The van der Waals surface area contributed by atoms with Crippen molar-refractivity contribution in [3.63, 3.8) is 0 Å². The smallest absolute Gasteiger partial charge is 0.303 e. The molecule has 0 fully saturated rings. The molecule has 1 rings (SSSR count). The molecule has 0 atom stereocenters. The Balaban J connectivity index is 2.57. The zero-order valence-electron chi connectivity index (χ0n) is 9.48. The van der Waals surface area contributed by atoms with Crippen LogP contribution in [0.4, 0.5) is 0 Å². The van der Waals surface area contributed by atoms with Crippen molar-refractivity contribution in [2.75, 3.05) is 0 Å². The summed E-state index contributed by atoms with van der Waals surface area (Å²) >= 11 is 23.9. The number of carbonyl (C=O) groups is 1. The van der Waals surface area contributed by atoms with E-state index in [0.29, 0.717) is 32.9 Å². The molecule has 1 N–H and O–H groups in total. The van der Waals surface area contributed by atoms with Crippen LogP contribution in [0.3, 0.4) is 0 Å². The maximum absolute atomic E-state index is 10.3. The van der Waals surface area contributed by atoms with Crippen LogP contribution in [0.25, 0.3) is 0 Å². The van der Waals surface area contributed by atoms with Crippen molar-refractivity contribution in [3.8, 4) is 0 Å². The first kappa shape index (κ1) is 15.9. The van der Waals surface area contributed by atoms with Crippen molar-refractivity contribution in [3.05, 3.63) is 31.7 Å². The van der Waals surface area contributed by atoms with Gasteiger partial charge in [-0.3, -0.25) is 4.79 Å². The second kappa shape index (κ2) is 7.44. The number of rotatable bonds is 6. The molecule has 0 aliphatic heterocycles. The van der Waals surface area contributed by atoms with Gasteiger partial charge < -0.3 is 5.11 Å². The highest BCUT2D eigenvalue weighted by molar-refractivity contribution is 6.49. The number of carboxylic acid groups (broad SMARTS) is 1. The van der Waals surface area contributed by atoms with Crippen LogP contribution in [0.15, 0.2) is 6.07 Å². The van der Waals surface area contributed by atoms with Crippen LogP contribution in [-0.2, 0) is 11.2 Å². The van der Waals surface area contributed by atoms with Crippen molar-refractivity contribution in [1.29, 1.82) is 0 Å². The zero-order chi connectivity index (χ0) is 13.7. The number of benzene rings is 1. The van der Waals surface area contributed by atoms with Gasteiger partial charge in [-0.2, -0.15) is 0 Å². The number of hydrogen-bond donors (Lipinski definition) is 1. The summed E-state index contributed by atoms with van der Waals surface area (Å²) in [5.74, 6) is -0.777. The topological polar surface area (TPSA) is 37.3 Å². The van der Waals surface area contributed by atoms with Crippen molar-refractivity contribution < 1.29 is 9.90 Å². The first-order valence-electron chi connectivity index (χ1n) is 5.47. The summed E-state index contributed by atoms with van der Waals surface area (Å²) in [5.41, 5.74) is 0.767. The van der Waals surface area contributed by atoms with Crippen LogP contribution >= 0.6 is 46.4 Å². The molecule has 0 amide bonds. The molecule has 0 bridgehead atoms. The average molecular weight is 330 g/mol. The van der Waals surface area contributed by atoms with Crippen LogP contribution in [0.1, 0.15) is 31.2 Å². The third kappa shape index (κ3) is 4.51. The summed E-state index contributed by atoms with van der Waals surface area (Å²) < 4.78 is 0. The zero-order valence-corrected chi connectivity index (χ0v) is 12.5. The summed E-state index contributed by atoms with van der Waals surface area (Å²) in [5, 5.41) is 10.0. The van der Waals surface area contributed by atoms with E-state index >= 15 is 0 Å². The normalized spacial score (nSPS) is 10.7. The van der Waals surface area contributed by atoms with Crippen molar-refractivity contribution in [1.82, 2.24) is 0 Å². The van der Waals surface area contributed by atoms with E-state index in [-0.39, 0.29) is 6.42 Å². The van der Waals surface area contributed by atoms with Crippen LogP contribution in [0.2, 0.25) is 20.1 Å². The predicted molar refractivity (Wildman–Crippen MR) is 76.3 cm³/mol. The molecule has 0 saturated carbocycles. The van der Waals surface area contributed by atoms with Gasteiger partial charge in [0.15, 0.2) is 0 Å². The molecule has 0 radical (unpaired) electrons. The van der Waals surface area contributed by atoms with E-state index in [1.807, 2.05) is 0 Å². The van der Waals surface area contributed by atoms with E-state index in [9.17, 15) is 4.79 Å². The third-order valence-corrected chi connectivity index (χ3v) is 4.16. The minimum Gasteiger partial charge on any atom is -0.481 e. The summed E-state index contributed by atoms with van der Waals surface area (Å²) in [6, 6.07) is 1.57. The Bertz CT molecular complexity index is 446. The van der Waals surface area contributed by atoms with E-state index in [4.69, 9.17) is 51.5 Å². The number of hydrogen-bond acceptors (Lipinski definition) is 1. The van der Waals surface area contributed by atoms with Crippen molar-refractivity contribution >= 4 is 52.4 Å². The number of carboxylic acids is 1. The van der Waals surface area contributed by atoms with Gasteiger partial charge in [-0.25, -0.2) is 0 Å². The third-order valence-electron chi connectivity index (χ3n) is 2.53. The quantitative estimate of drug-likeness (QED) is 0.426. The summed E-state index contributed by atoms with van der Waals surface area (Å²) in [7, 11) is 0. The molecule has 0 aromatic heterocycles. The first-order chi connectivity index (χ1) is 8.43. The molecule has 18 heavy (non-hydrogen) atoms. The minimum atomic E-state index is -0.777. The standard InChI is InChI=1S/C12H12Cl4O2/c13-8-6-9(14)12(16)11(15)7(8)4-2-1-3-5-10(17)18/h6H,1-5H2,(H,17,18). The van der Waals surface area contributed by atoms with Gasteiger partial charge in [0, 0.05) is 11.4 Å². The maximum Gasteiger partial charge on any atom is 0.303 e. The fraction of sp³-hybridized carbons (Fsp3) is 0.417. The second-order valence-corrected chi connectivity index (χ2v) is 5.47. The summed E-state index contributed by atoms with van der Waals surface area (Å²) in [6.07, 6.45) is 3.10.